The molecule has 3 N–H and O–H groups in total. The second kappa shape index (κ2) is 18.5. The third kappa shape index (κ3) is 13.3. The van der Waals surface area contributed by atoms with Gasteiger partial charge in [0.15, 0.2) is 5.75 Å². The van der Waals surface area contributed by atoms with Crippen molar-refractivity contribution in [2.45, 2.75) is 144 Å². The number of thioether (sulfide) groups is 1. The minimum absolute atomic E-state index is 0.108. The third-order valence-electron chi connectivity index (χ3n) is 8.30. The summed E-state index contributed by atoms with van der Waals surface area (Å²) in [7, 11) is -4.59. The van der Waals surface area contributed by atoms with Crippen LogP contribution < -0.4 is 19.5 Å². The Kier molecular flexibility index (Phi) is 15.9. The topological polar surface area (TPSA) is 140 Å². The molecule has 0 spiro atoms. The van der Waals surface area contributed by atoms with Gasteiger partial charge < -0.3 is 19.6 Å². The highest BCUT2D eigenvalue weighted by molar-refractivity contribution is 7.98. The van der Waals surface area contributed by atoms with E-state index in [9.17, 15) is 22.8 Å². The SMILES string of the molecule is CSCCC(NC(=O)OC(C)(C)C)C(=O)Nc1cc(C(C)C)c(OS(=O)(=O)NC(=O)Cc2c(C(C)C)cc(C(C)C)cc2C(C)C)c(C(C)C)c1. The van der Waals surface area contributed by atoms with E-state index in [-0.39, 0.29) is 35.8 Å². The number of nitrogens with one attached hydrogen (secondary N) is 3. The second-order valence-corrected chi connectivity index (χ2v) is 17.9. The molecule has 3 amide bonds. The largest absolute Gasteiger partial charge is 0.444 e. The van der Waals surface area contributed by atoms with E-state index in [4.69, 9.17) is 8.92 Å². The number of ether oxygens (including phenoxy) is 1. The van der Waals surface area contributed by atoms with Crippen molar-refractivity contribution in [3.05, 3.63) is 57.6 Å². The quantitative estimate of drug-likeness (QED) is 0.155. The van der Waals surface area contributed by atoms with Gasteiger partial charge in [-0.25, -0.2) is 9.52 Å². The van der Waals surface area contributed by atoms with Gasteiger partial charge >= 0.3 is 16.4 Å². The molecule has 0 aliphatic heterocycles. The summed E-state index contributed by atoms with van der Waals surface area (Å²) < 4.78 is 40.3. The van der Waals surface area contributed by atoms with E-state index < -0.39 is 39.9 Å². The van der Waals surface area contributed by atoms with Crippen LogP contribution in [-0.2, 0) is 31.1 Å². The zero-order chi connectivity index (χ0) is 39.0. The van der Waals surface area contributed by atoms with Crippen LogP contribution in [0.5, 0.6) is 5.75 Å². The first-order chi connectivity index (χ1) is 23.5. The van der Waals surface area contributed by atoms with Crippen molar-refractivity contribution in [3.8, 4) is 5.75 Å². The van der Waals surface area contributed by atoms with Gasteiger partial charge in [-0.3, -0.25) is 9.59 Å². The van der Waals surface area contributed by atoms with Crippen LogP contribution in [0.2, 0.25) is 0 Å². The minimum atomic E-state index is -4.59. The zero-order valence-corrected chi connectivity index (χ0v) is 34.7. The van der Waals surface area contributed by atoms with Gasteiger partial charge in [0.05, 0.1) is 6.42 Å². The molecule has 286 valence electrons. The third-order valence-corrected chi connectivity index (χ3v) is 9.80. The average Bonchev–Trinajstić information content (AvgIpc) is 2.97. The van der Waals surface area contributed by atoms with Crippen molar-refractivity contribution in [2.75, 3.05) is 17.3 Å². The van der Waals surface area contributed by atoms with Crippen molar-refractivity contribution >= 4 is 45.7 Å². The van der Waals surface area contributed by atoms with Gasteiger partial charge in [-0.15, -0.1) is 0 Å². The van der Waals surface area contributed by atoms with E-state index in [1.165, 1.54) is 5.56 Å². The molecular weight excluding hydrogens is 687 g/mol. The molecule has 0 bridgehead atoms. The molecule has 10 nitrogen and oxygen atoms in total. The van der Waals surface area contributed by atoms with Gasteiger partial charge in [-0.05, 0) is 103 Å². The van der Waals surface area contributed by atoms with Gasteiger partial charge in [-0.1, -0.05) is 81.4 Å². The van der Waals surface area contributed by atoms with Crippen molar-refractivity contribution in [1.29, 1.82) is 0 Å². The average molecular weight is 748 g/mol. The van der Waals surface area contributed by atoms with Crippen LogP contribution in [0.4, 0.5) is 10.5 Å². The first-order valence-corrected chi connectivity index (χ1v) is 20.6. The van der Waals surface area contributed by atoms with Crippen LogP contribution in [0.25, 0.3) is 0 Å². The van der Waals surface area contributed by atoms with Crippen LogP contribution in [0.15, 0.2) is 24.3 Å². The van der Waals surface area contributed by atoms with E-state index in [1.54, 1.807) is 44.7 Å². The molecule has 0 heterocycles. The maximum Gasteiger partial charge on any atom is 0.409 e. The van der Waals surface area contributed by atoms with Crippen LogP contribution in [-0.4, -0.2) is 50.0 Å². The summed E-state index contributed by atoms with van der Waals surface area (Å²) in [6, 6.07) is 6.72. The Hall–Kier alpha value is -3.25. The predicted molar refractivity (Wildman–Crippen MR) is 210 cm³/mol. The number of amides is 3. The lowest BCUT2D eigenvalue weighted by atomic mass is 9.83. The summed E-state index contributed by atoms with van der Waals surface area (Å²) >= 11 is 1.55. The van der Waals surface area contributed by atoms with Gasteiger partial charge in [0, 0.05) is 16.8 Å². The lowest BCUT2D eigenvalue weighted by Gasteiger charge is -2.24. The smallest absolute Gasteiger partial charge is 0.409 e. The Morgan fingerprint density at radius 1 is 0.765 bits per heavy atom. The lowest BCUT2D eigenvalue weighted by Crippen LogP contribution is -2.46. The minimum Gasteiger partial charge on any atom is -0.444 e. The molecule has 0 aliphatic carbocycles. The molecule has 1 unspecified atom stereocenters. The highest BCUT2D eigenvalue weighted by Crippen LogP contribution is 2.39. The molecule has 0 saturated carbocycles. The lowest BCUT2D eigenvalue weighted by molar-refractivity contribution is -0.119. The number of rotatable bonds is 16. The Labute approximate surface area is 311 Å². The molecule has 0 saturated heterocycles. The standard InChI is InChI=1S/C39H61N3O7S2/c1-22(2)27-17-29(23(3)4)33(30(18-27)24(5)6)21-35(43)42-51(46,47)49-36-31(25(7)8)19-28(20-32(36)26(9)10)40-37(44)34(15-16-50-14)41-38(45)48-39(11,12)13/h17-20,22-26,34H,15-16,21H2,1-14H3,(H,40,44)(H,41,45)(H,42,43). The molecule has 0 fully saturated rings. The van der Waals surface area contributed by atoms with E-state index in [1.807, 2.05) is 34.0 Å². The normalized spacial score (nSPS) is 12.8. The van der Waals surface area contributed by atoms with E-state index in [0.717, 1.165) is 16.7 Å². The number of carbonyl (C=O) groups is 3. The molecule has 0 aromatic heterocycles. The molecule has 2 rings (SSSR count). The summed E-state index contributed by atoms with van der Waals surface area (Å²) in [5.74, 6) is -0.253. The number of anilines is 1. The van der Waals surface area contributed by atoms with Crippen LogP contribution in [0, 0.1) is 0 Å². The Bertz CT molecular complexity index is 1580. The highest BCUT2D eigenvalue weighted by atomic mass is 32.2. The number of benzene rings is 2. The summed E-state index contributed by atoms with van der Waals surface area (Å²) in [5, 5.41) is 5.58. The fraction of sp³-hybridized carbons (Fsp3) is 0.615. The first-order valence-electron chi connectivity index (χ1n) is 17.8. The van der Waals surface area contributed by atoms with Gasteiger partial charge in [-0.2, -0.15) is 20.2 Å². The Balaban J connectivity index is 2.45. The monoisotopic (exact) mass is 747 g/mol. The maximum absolute atomic E-state index is 13.5. The van der Waals surface area contributed by atoms with Gasteiger partial charge in [0.25, 0.3) is 0 Å². The summed E-state index contributed by atoms with van der Waals surface area (Å²) in [6.45, 7) is 25.3. The first kappa shape index (κ1) is 43.9. The molecule has 51 heavy (non-hydrogen) atoms. The molecule has 1 atom stereocenters. The van der Waals surface area contributed by atoms with Crippen molar-refractivity contribution in [3.63, 3.8) is 0 Å². The molecule has 2 aromatic rings. The number of hydrogen-bond donors (Lipinski definition) is 3. The molecule has 0 aliphatic rings. The van der Waals surface area contributed by atoms with Crippen LogP contribution in [0.1, 0.15) is 159 Å². The number of hydrogen-bond acceptors (Lipinski definition) is 8. The molecule has 12 heteroatoms. The van der Waals surface area contributed by atoms with Crippen molar-refractivity contribution in [1.82, 2.24) is 10.0 Å². The van der Waals surface area contributed by atoms with Gasteiger partial charge in [0.1, 0.15) is 11.6 Å². The van der Waals surface area contributed by atoms with Crippen molar-refractivity contribution < 1.29 is 31.7 Å². The second-order valence-electron chi connectivity index (χ2n) is 15.6. The van der Waals surface area contributed by atoms with E-state index in [0.29, 0.717) is 34.9 Å². The summed E-state index contributed by atoms with van der Waals surface area (Å²) in [6.07, 6.45) is 1.48. The Morgan fingerprint density at radius 3 is 1.67 bits per heavy atom. The van der Waals surface area contributed by atoms with Crippen LogP contribution >= 0.6 is 11.8 Å². The Morgan fingerprint density at radius 2 is 1.25 bits per heavy atom. The van der Waals surface area contributed by atoms with Gasteiger partial charge in [0.2, 0.25) is 11.8 Å². The molecule has 0 radical (unpaired) electrons. The fourth-order valence-electron chi connectivity index (χ4n) is 5.66. The fourth-order valence-corrected chi connectivity index (χ4v) is 6.94. The van der Waals surface area contributed by atoms with E-state index in [2.05, 4.69) is 69.0 Å². The summed E-state index contributed by atoms with van der Waals surface area (Å²) in [5.41, 5.74) is 4.82. The van der Waals surface area contributed by atoms with E-state index >= 15 is 0 Å². The van der Waals surface area contributed by atoms with Crippen molar-refractivity contribution in [2.24, 2.45) is 0 Å². The van der Waals surface area contributed by atoms with Crippen LogP contribution in [0.3, 0.4) is 0 Å². The zero-order valence-electron chi connectivity index (χ0n) is 33.1. The maximum atomic E-state index is 13.5. The number of carbonyl (C=O) groups excluding carboxylic acids is 3. The highest BCUT2D eigenvalue weighted by Gasteiger charge is 2.28. The molecule has 2 aromatic carbocycles. The predicted octanol–water partition coefficient (Wildman–Crippen LogP) is 8.87. The number of alkyl carbamates (subject to hydrolysis) is 1. The summed E-state index contributed by atoms with van der Waals surface area (Å²) in [4.78, 5) is 39.5. The molecular formula is C39H61N3O7S2.